The van der Waals surface area contributed by atoms with Crippen LogP contribution in [0.5, 0.6) is 0 Å². The number of aliphatic hydroxyl groups is 1. The maximum absolute atomic E-state index is 9.54. The highest BCUT2D eigenvalue weighted by Gasteiger charge is 2.11. The van der Waals surface area contributed by atoms with E-state index < -0.39 is 0 Å². The summed E-state index contributed by atoms with van der Waals surface area (Å²) in [5.41, 5.74) is 1.42. The Morgan fingerprint density at radius 3 is 2.87 bits per heavy atom. The number of aryl methyl sites for hydroxylation is 1. The van der Waals surface area contributed by atoms with Crippen molar-refractivity contribution < 1.29 is 5.11 Å². The maximum atomic E-state index is 9.54. The van der Waals surface area contributed by atoms with Gasteiger partial charge in [-0.1, -0.05) is 18.6 Å². The van der Waals surface area contributed by atoms with Crippen molar-refractivity contribution in [2.24, 2.45) is 0 Å². The van der Waals surface area contributed by atoms with E-state index in [-0.39, 0.29) is 6.10 Å². The quantitative estimate of drug-likeness (QED) is 0.778. The largest absolute Gasteiger partial charge is 0.389 e. The molecule has 1 aromatic rings. The molecule has 2 heteroatoms. The molecule has 0 amide bonds. The average molecular weight is 222 g/mol. The predicted molar refractivity (Wildman–Crippen MR) is 65.3 cm³/mol. The van der Waals surface area contributed by atoms with Crippen molar-refractivity contribution in [2.75, 3.05) is 0 Å². The highest BCUT2D eigenvalue weighted by atomic mass is 32.1. The highest BCUT2D eigenvalue weighted by molar-refractivity contribution is 7.12. The number of hydrogen-bond acceptors (Lipinski definition) is 2. The first-order valence-corrected chi connectivity index (χ1v) is 6.55. The predicted octanol–water partition coefficient (Wildman–Crippen LogP) is 3.32. The fourth-order valence-electron chi connectivity index (χ4n) is 2.06. The van der Waals surface area contributed by atoms with Gasteiger partial charge in [0.2, 0.25) is 0 Å². The molecule has 0 spiro atoms. The molecule has 0 fully saturated rings. The molecule has 0 bridgehead atoms. The second-order valence-electron chi connectivity index (χ2n) is 4.18. The number of allylic oxidation sites excluding steroid dienone is 1. The molecule has 1 heterocycles. The van der Waals surface area contributed by atoms with Crippen molar-refractivity contribution in [3.05, 3.63) is 33.5 Å². The second kappa shape index (κ2) is 4.95. The number of thiophene rings is 1. The summed E-state index contributed by atoms with van der Waals surface area (Å²) in [5, 5.41) is 9.54. The van der Waals surface area contributed by atoms with Gasteiger partial charge >= 0.3 is 0 Å². The topological polar surface area (TPSA) is 20.2 Å². The molecule has 1 aromatic heterocycles. The lowest BCUT2D eigenvalue weighted by molar-refractivity contribution is 0.202. The van der Waals surface area contributed by atoms with Crippen LogP contribution in [-0.2, 0) is 12.8 Å². The average Bonchev–Trinajstić information content (AvgIpc) is 2.65. The summed E-state index contributed by atoms with van der Waals surface area (Å²) in [5.74, 6) is 0. The molecule has 1 aliphatic carbocycles. The molecule has 0 saturated heterocycles. The summed E-state index contributed by atoms with van der Waals surface area (Å²) >= 11 is 1.91. The standard InChI is InChI=1S/C13H18OS/c1-2-12-6-7-13(15-12)9-10-4-3-5-11(14)8-10/h6-8,11,14H,2-5,9H2,1H3. The molecule has 1 N–H and O–H groups in total. The van der Waals surface area contributed by atoms with Crippen LogP contribution in [0.4, 0.5) is 0 Å². The van der Waals surface area contributed by atoms with Crippen LogP contribution in [0.2, 0.25) is 0 Å². The summed E-state index contributed by atoms with van der Waals surface area (Å²) in [4.78, 5) is 2.90. The molecule has 1 aliphatic rings. The summed E-state index contributed by atoms with van der Waals surface area (Å²) in [7, 11) is 0. The minimum Gasteiger partial charge on any atom is -0.389 e. The van der Waals surface area contributed by atoms with Crippen LogP contribution in [-0.4, -0.2) is 11.2 Å². The zero-order valence-electron chi connectivity index (χ0n) is 9.20. The van der Waals surface area contributed by atoms with Crippen LogP contribution in [0.3, 0.4) is 0 Å². The molecule has 0 aromatic carbocycles. The van der Waals surface area contributed by atoms with E-state index in [2.05, 4.69) is 25.1 Å². The zero-order chi connectivity index (χ0) is 10.7. The first kappa shape index (κ1) is 10.9. The fraction of sp³-hybridized carbons (Fsp3) is 0.538. The van der Waals surface area contributed by atoms with Gasteiger partial charge in [0, 0.05) is 16.2 Å². The van der Waals surface area contributed by atoms with Crippen molar-refractivity contribution in [3.8, 4) is 0 Å². The molecule has 0 saturated carbocycles. The van der Waals surface area contributed by atoms with Crippen molar-refractivity contribution in [1.29, 1.82) is 0 Å². The summed E-state index contributed by atoms with van der Waals surface area (Å²) in [6.07, 6.45) is 7.27. The molecular weight excluding hydrogens is 204 g/mol. The molecule has 1 nitrogen and oxygen atoms in total. The Balaban J connectivity index is 2.01. The van der Waals surface area contributed by atoms with Gasteiger partial charge in [0.1, 0.15) is 0 Å². The Kier molecular flexibility index (Phi) is 3.60. The van der Waals surface area contributed by atoms with Gasteiger partial charge in [-0.05, 0) is 37.8 Å². The van der Waals surface area contributed by atoms with Crippen molar-refractivity contribution in [3.63, 3.8) is 0 Å². The first-order chi connectivity index (χ1) is 7.28. The number of rotatable bonds is 3. The van der Waals surface area contributed by atoms with E-state index in [9.17, 15) is 5.11 Å². The number of hydrogen-bond donors (Lipinski definition) is 1. The highest BCUT2D eigenvalue weighted by Crippen LogP contribution is 2.25. The lowest BCUT2D eigenvalue weighted by atomic mass is 9.95. The van der Waals surface area contributed by atoms with Crippen LogP contribution in [0, 0.1) is 0 Å². The third kappa shape index (κ3) is 2.93. The van der Waals surface area contributed by atoms with E-state index in [0.717, 1.165) is 32.1 Å². The molecule has 82 valence electrons. The monoisotopic (exact) mass is 222 g/mol. The summed E-state index contributed by atoms with van der Waals surface area (Å²) in [6.45, 7) is 2.19. The fourth-order valence-corrected chi connectivity index (χ4v) is 3.07. The Hall–Kier alpha value is -0.600. The van der Waals surface area contributed by atoms with Gasteiger partial charge in [-0.15, -0.1) is 11.3 Å². The van der Waals surface area contributed by atoms with Gasteiger partial charge in [0.15, 0.2) is 0 Å². The molecule has 0 radical (unpaired) electrons. The Morgan fingerprint density at radius 2 is 2.20 bits per heavy atom. The third-order valence-corrected chi connectivity index (χ3v) is 4.12. The van der Waals surface area contributed by atoms with Gasteiger partial charge in [0.05, 0.1) is 6.10 Å². The van der Waals surface area contributed by atoms with Crippen LogP contribution in [0.15, 0.2) is 23.8 Å². The molecular formula is C13H18OS. The van der Waals surface area contributed by atoms with Gasteiger partial charge in [0.25, 0.3) is 0 Å². The molecule has 1 unspecified atom stereocenters. The summed E-state index contributed by atoms with van der Waals surface area (Å²) < 4.78 is 0. The lowest BCUT2D eigenvalue weighted by Gasteiger charge is -2.16. The number of aliphatic hydroxyl groups excluding tert-OH is 1. The minimum atomic E-state index is -0.195. The van der Waals surface area contributed by atoms with Gasteiger partial charge < -0.3 is 5.11 Å². The smallest absolute Gasteiger partial charge is 0.0723 e. The first-order valence-electron chi connectivity index (χ1n) is 5.73. The summed E-state index contributed by atoms with van der Waals surface area (Å²) in [6, 6.07) is 4.45. The van der Waals surface area contributed by atoms with E-state index in [4.69, 9.17) is 0 Å². The SMILES string of the molecule is CCc1ccc(CC2=CC(O)CCC2)s1. The Bertz CT molecular complexity index is 351. The van der Waals surface area contributed by atoms with E-state index in [1.165, 1.54) is 15.3 Å². The second-order valence-corrected chi connectivity index (χ2v) is 5.44. The Labute approximate surface area is 95.5 Å². The molecule has 15 heavy (non-hydrogen) atoms. The van der Waals surface area contributed by atoms with Crippen molar-refractivity contribution in [1.82, 2.24) is 0 Å². The van der Waals surface area contributed by atoms with Crippen LogP contribution >= 0.6 is 11.3 Å². The maximum Gasteiger partial charge on any atom is 0.0723 e. The van der Waals surface area contributed by atoms with Gasteiger partial charge in [-0.25, -0.2) is 0 Å². The normalized spacial score (nSPS) is 21.5. The van der Waals surface area contributed by atoms with E-state index in [1.54, 1.807) is 0 Å². The zero-order valence-corrected chi connectivity index (χ0v) is 10.0. The van der Waals surface area contributed by atoms with Crippen LogP contribution < -0.4 is 0 Å². The van der Waals surface area contributed by atoms with E-state index in [1.807, 2.05) is 11.3 Å². The Morgan fingerprint density at radius 1 is 1.40 bits per heavy atom. The van der Waals surface area contributed by atoms with Crippen molar-refractivity contribution in [2.45, 2.75) is 45.1 Å². The lowest BCUT2D eigenvalue weighted by Crippen LogP contribution is -2.09. The van der Waals surface area contributed by atoms with Gasteiger partial charge in [-0.2, -0.15) is 0 Å². The molecule has 0 aliphatic heterocycles. The van der Waals surface area contributed by atoms with Gasteiger partial charge in [-0.3, -0.25) is 0 Å². The van der Waals surface area contributed by atoms with Crippen LogP contribution in [0.25, 0.3) is 0 Å². The van der Waals surface area contributed by atoms with E-state index in [0.29, 0.717) is 0 Å². The molecule has 1 atom stereocenters. The third-order valence-electron chi connectivity index (χ3n) is 2.89. The van der Waals surface area contributed by atoms with E-state index >= 15 is 0 Å². The molecule has 2 rings (SSSR count). The van der Waals surface area contributed by atoms with Crippen LogP contribution in [0.1, 0.15) is 35.9 Å². The minimum absolute atomic E-state index is 0.195. The van der Waals surface area contributed by atoms with Crippen molar-refractivity contribution >= 4 is 11.3 Å².